The van der Waals surface area contributed by atoms with E-state index in [0.29, 0.717) is 37.8 Å². The van der Waals surface area contributed by atoms with Crippen molar-refractivity contribution < 1.29 is 14.3 Å². The van der Waals surface area contributed by atoms with Crippen LogP contribution in [0.4, 0.5) is 0 Å². The number of rotatable bonds is 10. The number of aliphatic imine (C=N–C) groups is 1. The maximum atomic E-state index is 12.0. The van der Waals surface area contributed by atoms with E-state index in [2.05, 4.69) is 27.9 Å². The molecule has 1 amide bonds. The first-order valence-electron chi connectivity index (χ1n) is 10.8. The largest absolute Gasteiger partial charge is 0.490 e. The lowest BCUT2D eigenvalue weighted by molar-refractivity contribution is 0.0955. The molecular weight excluding hydrogens is 392 g/mol. The summed E-state index contributed by atoms with van der Waals surface area (Å²) in [4.78, 5) is 16.4. The van der Waals surface area contributed by atoms with Crippen molar-refractivity contribution in [1.29, 1.82) is 0 Å². The van der Waals surface area contributed by atoms with Crippen molar-refractivity contribution in [2.75, 3.05) is 26.8 Å². The molecule has 0 radical (unpaired) electrons. The maximum Gasteiger partial charge on any atom is 0.251 e. The molecule has 1 unspecified atom stereocenters. The molecule has 0 saturated carbocycles. The third-order valence-corrected chi connectivity index (χ3v) is 4.63. The predicted molar refractivity (Wildman–Crippen MR) is 125 cm³/mol. The van der Waals surface area contributed by atoms with E-state index in [1.165, 1.54) is 0 Å². The molecule has 0 aliphatic rings. The predicted octanol–water partition coefficient (Wildman–Crippen LogP) is 3.66. The van der Waals surface area contributed by atoms with Crippen LogP contribution in [0.15, 0.2) is 47.5 Å². The van der Waals surface area contributed by atoms with E-state index in [4.69, 9.17) is 9.47 Å². The summed E-state index contributed by atoms with van der Waals surface area (Å²) >= 11 is 0. The molecule has 0 heterocycles. The molecule has 2 aromatic rings. The summed E-state index contributed by atoms with van der Waals surface area (Å²) in [5.74, 6) is 2.08. The van der Waals surface area contributed by atoms with Crippen molar-refractivity contribution >= 4 is 11.9 Å². The van der Waals surface area contributed by atoms with Gasteiger partial charge in [-0.15, -0.1) is 0 Å². The number of nitrogens with one attached hydrogen (secondary N) is 3. The van der Waals surface area contributed by atoms with Gasteiger partial charge < -0.3 is 25.4 Å². The van der Waals surface area contributed by atoms with Gasteiger partial charge in [0.05, 0.1) is 19.3 Å². The van der Waals surface area contributed by atoms with Crippen LogP contribution in [0.25, 0.3) is 0 Å². The van der Waals surface area contributed by atoms with Gasteiger partial charge in [0.1, 0.15) is 0 Å². The third kappa shape index (κ3) is 7.20. The minimum atomic E-state index is -0.0684. The smallest absolute Gasteiger partial charge is 0.251 e. The van der Waals surface area contributed by atoms with Crippen molar-refractivity contribution in [2.24, 2.45) is 4.99 Å². The van der Waals surface area contributed by atoms with E-state index in [1.54, 1.807) is 7.05 Å². The normalized spacial score (nSPS) is 12.1. The molecule has 0 bridgehead atoms. The Morgan fingerprint density at radius 3 is 2.42 bits per heavy atom. The fraction of sp³-hybridized carbons (Fsp3) is 0.417. The molecule has 0 aromatic heterocycles. The summed E-state index contributed by atoms with van der Waals surface area (Å²) < 4.78 is 11.4. The summed E-state index contributed by atoms with van der Waals surface area (Å²) in [7, 11) is 1.73. The van der Waals surface area contributed by atoms with Crippen molar-refractivity contribution in [2.45, 2.75) is 40.3 Å². The van der Waals surface area contributed by atoms with Crippen LogP contribution in [0.3, 0.4) is 0 Å². The third-order valence-electron chi connectivity index (χ3n) is 4.63. The molecule has 0 fully saturated rings. The number of amides is 1. The summed E-state index contributed by atoms with van der Waals surface area (Å²) in [6.07, 6.45) is 0. The Hall–Kier alpha value is -3.22. The van der Waals surface area contributed by atoms with Gasteiger partial charge in [-0.1, -0.05) is 18.2 Å². The number of carbonyl (C=O) groups excluding carboxylic acids is 1. The highest BCUT2D eigenvalue weighted by atomic mass is 16.5. The van der Waals surface area contributed by atoms with Gasteiger partial charge in [0.25, 0.3) is 5.91 Å². The lowest BCUT2D eigenvalue weighted by Crippen LogP contribution is -2.38. The molecule has 0 spiro atoms. The summed E-state index contributed by atoms with van der Waals surface area (Å²) in [6.45, 7) is 10.2. The van der Waals surface area contributed by atoms with E-state index in [1.807, 2.05) is 63.2 Å². The molecule has 31 heavy (non-hydrogen) atoms. The van der Waals surface area contributed by atoms with Crippen molar-refractivity contribution in [3.05, 3.63) is 59.2 Å². The van der Waals surface area contributed by atoms with Crippen LogP contribution in [-0.4, -0.2) is 38.7 Å². The highest BCUT2D eigenvalue weighted by Crippen LogP contribution is 2.30. The van der Waals surface area contributed by atoms with E-state index >= 15 is 0 Å². The summed E-state index contributed by atoms with van der Waals surface area (Å²) in [5, 5.41) is 9.52. The van der Waals surface area contributed by atoms with Crippen LogP contribution in [0.5, 0.6) is 11.5 Å². The molecular formula is C24H34N4O3. The first-order chi connectivity index (χ1) is 15.0. The SMILES string of the molecule is CCNC(=O)c1cccc(CNC(=NC)NC(C)c2ccc(OCC)c(OCC)c2)c1. The molecule has 1 atom stereocenters. The number of hydrogen-bond acceptors (Lipinski definition) is 4. The second-order valence-electron chi connectivity index (χ2n) is 6.92. The Bertz CT molecular complexity index is 883. The Kier molecular flexibility index (Phi) is 9.68. The number of ether oxygens (including phenoxy) is 2. The number of hydrogen-bond donors (Lipinski definition) is 3. The molecule has 7 nitrogen and oxygen atoms in total. The molecule has 2 rings (SSSR count). The number of carbonyl (C=O) groups is 1. The monoisotopic (exact) mass is 426 g/mol. The molecule has 168 valence electrons. The van der Waals surface area contributed by atoms with Crippen LogP contribution >= 0.6 is 0 Å². The molecule has 0 aliphatic carbocycles. The van der Waals surface area contributed by atoms with Gasteiger partial charge in [-0.05, 0) is 63.1 Å². The van der Waals surface area contributed by atoms with Gasteiger partial charge in [-0.2, -0.15) is 0 Å². The van der Waals surface area contributed by atoms with Crippen LogP contribution in [0.1, 0.15) is 55.2 Å². The zero-order valence-corrected chi connectivity index (χ0v) is 19.1. The van der Waals surface area contributed by atoms with Crippen molar-refractivity contribution in [3.8, 4) is 11.5 Å². The van der Waals surface area contributed by atoms with Gasteiger partial charge in [0.2, 0.25) is 0 Å². The first kappa shape index (κ1) is 24.1. The minimum Gasteiger partial charge on any atom is -0.490 e. The number of benzene rings is 2. The van der Waals surface area contributed by atoms with Gasteiger partial charge in [-0.25, -0.2) is 0 Å². The Balaban J connectivity index is 2.02. The van der Waals surface area contributed by atoms with E-state index in [-0.39, 0.29) is 11.9 Å². The molecule has 0 saturated heterocycles. The highest BCUT2D eigenvalue weighted by Gasteiger charge is 2.13. The van der Waals surface area contributed by atoms with Crippen LogP contribution < -0.4 is 25.4 Å². The summed E-state index contributed by atoms with van der Waals surface area (Å²) in [6, 6.07) is 13.5. The molecule has 2 aromatic carbocycles. The molecule has 0 aliphatic heterocycles. The Morgan fingerprint density at radius 1 is 1.00 bits per heavy atom. The lowest BCUT2D eigenvalue weighted by Gasteiger charge is -2.20. The van der Waals surface area contributed by atoms with E-state index < -0.39 is 0 Å². The van der Waals surface area contributed by atoms with Crippen LogP contribution in [-0.2, 0) is 6.54 Å². The van der Waals surface area contributed by atoms with Crippen molar-refractivity contribution in [3.63, 3.8) is 0 Å². The van der Waals surface area contributed by atoms with E-state index in [9.17, 15) is 4.79 Å². The van der Waals surface area contributed by atoms with Gasteiger partial charge in [0, 0.05) is 25.7 Å². The molecule has 7 heteroatoms. The van der Waals surface area contributed by atoms with Gasteiger partial charge in [-0.3, -0.25) is 9.79 Å². The van der Waals surface area contributed by atoms with Gasteiger partial charge in [0.15, 0.2) is 17.5 Å². The van der Waals surface area contributed by atoms with Crippen molar-refractivity contribution in [1.82, 2.24) is 16.0 Å². The standard InChI is InChI=1S/C24H34N4O3/c1-6-26-23(29)20-11-9-10-18(14-20)16-27-24(25-5)28-17(4)19-12-13-21(30-7-2)22(15-19)31-8-3/h9-15,17H,6-8,16H2,1-5H3,(H,26,29)(H2,25,27,28). The fourth-order valence-corrected chi connectivity index (χ4v) is 3.09. The maximum absolute atomic E-state index is 12.0. The van der Waals surface area contributed by atoms with Gasteiger partial charge >= 0.3 is 0 Å². The van der Waals surface area contributed by atoms with Crippen LogP contribution in [0.2, 0.25) is 0 Å². The highest BCUT2D eigenvalue weighted by molar-refractivity contribution is 5.94. The number of guanidine groups is 1. The van der Waals surface area contributed by atoms with Crippen LogP contribution in [0, 0.1) is 0 Å². The quantitative estimate of drug-likeness (QED) is 0.399. The average molecular weight is 427 g/mol. The first-order valence-corrected chi connectivity index (χ1v) is 10.8. The Morgan fingerprint density at radius 2 is 1.74 bits per heavy atom. The zero-order valence-electron chi connectivity index (χ0n) is 19.1. The Labute approximate surface area is 185 Å². The topological polar surface area (TPSA) is 84.0 Å². The zero-order chi connectivity index (χ0) is 22.6. The fourth-order valence-electron chi connectivity index (χ4n) is 3.09. The average Bonchev–Trinajstić information content (AvgIpc) is 2.78. The second-order valence-corrected chi connectivity index (χ2v) is 6.92. The summed E-state index contributed by atoms with van der Waals surface area (Å²) in [5.41, 5.74) is 2.71. The lowest BCUT2D eigenvalue weighted by atomic mass is 10.1. The number of nitrogens with zero attached hydrogens (tertiary/aromatic N) is 1. The minimum absolute atomic E-state index is 0.00255. The second kappa shape index (κ2) is 12.5. The molecule has 3 N–H and O–H groups in total. The van der Waals surface area contributed by atoms with E-state index in [0.717, 1.165) is 22.6 Å².